The number of nitrogens with zero attached hydrogens (tertiary/aromatic N) is 1. The molecular weight excluding hydrogens is 238 g/mol. The number of fused-ring (bicyclic) bond motifs is 1. The molecule has 0 bridgehead atoms. The molecule has 3 heteroatoms. The van der Waals surface area contributed by atoms with E-state index in [1.165, 1.54) is 5.56 Å². The van der Waals surface area contributed by atoms with Crippen LogP contribution in [-0.2, 0) is 13.0 Å². The van der Waals surface area contributed by atoms with Crippen molar-refractivity contribution in [3.8, 4) is 5.75 Å². The SMILES string of the molecule is COc1ccccc1Cn1cc2c(c1)C(O)CCC2. The average molecular weight is 257 g/mol. The number of methoxy groups -OCH3 is 1. The molecule has 19 heavy (non-hydrogen) atoms. The Labute approximate surface area is 113 Å². The summed E-state index contributed by atoms with van der Waals surface area (Å²) >= 11 is 0. The fourth-order valence-electron chi connectivity index (χ4n) is 2.85. The number of aromatic nitrogens is 1. The van der Waals surface area contributed by atoms with Gasteiger partial charge in [-0.3, -0.25) is 0 Å². The minimum atomic E-state index is -0.289. The fraction of sp³-hybridized carbons (Fsp3) is 0.375. The lowest BCUT2D eigenvalue weighted by Crippen LogP contribution is -2.05. The van der Waals surface area contributed by atoms with Crippen LogP contribution in [0.5, 0.6) is 5.75 Å². The Morgan fingerprint density at radius 1 is 1.32 bits per heavy atom. The van der Waals surface area contributed by atoms with Crippen LogP contribution < -0.4 is 4.74 Å². The van der Waals surface area contributed by atoms with Crippen molar-refractivity contribution in [3.05, 3.63) is 53.3 Å². The summed E-state index contributed by atoms with van der Waals surface area (Å²) in [5.41, 5.74) is 3.54. The number of hydrogen-bond donors (Lipinski definition) is 1. The van der Waals surface area contributed by atoms with E-state index in [0.717, 1.165) is 42.7 Å². The van der Waals surface area contributed by atoms with Gasteiger partial charge in [-0.05, 0) is 30.9 Å². The fourth-order valence-corrected chi connectivity index (χ4v) is 2.85. The molecular formula is C16H19NO2. The summed E-state index contributed by atoms with van der Waals surface area (Å²) in [6.45, 7) is 0.781. The van der Waals surface area contributed by atoms with Gasteiger partial charge in [-0.25, -0.2) is 0 Å². The largest absolute Gasteiger partial charge is 0.496 e. The summed E-state index contributed by atoms with van der Waals surface area (Å²) in [5.74, 6) is 0.912. The molecule has 1 aliphatic rings. The van der Waals surface area contributed by atoms with Gasteiger partial charge in [0.05, 0.1) is 19.8 Å². The van der Waals surface area contributed by atoms with Crippen molar-refractivity contribution in [1.82, 2.24) is 4.57 Å². The van der Waals surface area contributed by atoms with Gasteiger partial charge in [0.2, 0.25) is 0 Å². The first-order chi connectivity index (χ1) is 9.28. The van der Waals surface area contributed by atoms with Crippen LogP contribution in [0.15, 0.2) is 36.7 Å². The standard InChI is InChI=1S/C16H19NO2/c1-19-16-8-3-2-5-13(16)10-17-9-12-6-4-7-15(18)14(12)11-17/h2-3,5,8-9,11,15,18H,4,6-7,10H2,1H3. The molecule has 0 saturated carbocycles. The highest BCUT2D eigenvalue weighted by Gasteiger charge is 2.19. The lowest BCUT2D eigenvalue weighted by Gasteiger charge is -2.16. The van der Waals surface area contributed by atoms with E-state index < -0.39 is 0 Å². The Bertz CT molecular complexity index is 574. The molecule has 1 N–H and O–H groups in total. The van der Waals surface area contributed by atoms with Gasteiger partial charge >= 0.3 is 0 Å². The lowest BCUT2D eigenvalue weighted by molar-refractivity contribution is 0.157. The molecule has 1 aromatic heterocycles. The van der Waals surface area contributed by atoms with Crippen LogP contribution in [-0.4, -0.2) is 16.8 Å². The second kappa shape index (κ2) is 5.10. The Balaban J connectivity index is 1.88. The second-order valence-electron chi connectivity index (χ2n) is 5.13. The molecule has 1 aliphatic carbocycles. The zero-order chi connectivity index (χ0) is 13.2. The van der Waals surface area contributed by atoms with E-state index in [2.05, 4.69) is 23.0 Å². The quantitative estimate of drug-likeness (QED) is 0.917. The third-order valence-corrected chi connectivity index (χ3v) is 3.83. The van der Waals surface area contributed by atoms with Gasteiger partial charge in [-0.15, -0.1) is 0 Å². The Kier molecular flexibility index (Phi) is 3.30. The molecule has 0 amide bonds. The number of benzene rings is 1. The molecule has 1 atom stereocenters. The first-order valence-corrected chi connectivity index (χ1v) is 6.76. The summed E-state index contributed by atoms with van der Waals surface area (Å²) in [6, 6.07) is 8.06. The molecule has 100 valence electrons. The van der Waals surface area contributed by atoms with Gasteiger partial charge in [-0.1, -0.05) is 18.2 Å². The minimum Gasteiger partial charge on any atom is -0.496 e. The van der Waals surface area contributed by atoms with Crippen LogP contribution >= 0.6 is 0 Å². The third kappa shape index (κ3) is 2.38. The van der Waals surface area contributed by atoms with Gasteiger partial charge in [0, 0.05) is 23.5 Å². The lowest BCUT2D eigenvalue weighted by atomic mass is 9.93. The topological polar surface area (TPSA) is 34.4 Å². The number of aliphatic hydroxyl groups excluding tert-OH is 1. The molecule has 2 aromatic rings. The van der Waals surface area contributed by atoms with E-state index in [0.29, 0.717) is 0 Å². The first kappa shape index (κ1) is 12.3. The van der Waals surface area contributed by atoms with Crippen molar-refractivity contribution in [1.29, 1.82) is 0 Å². The third-order valence-electron chi connectivity index (χ3n) is 3.83. The summed E-state index contributed by atoms with van der Waals surface area (Å²) in [5, 5.41) is 10.0. The Morgan fingerprint density at radius 2 is 2.16 bits per heavy atom. The molecule has 1 aromatic carbocycles. The van der Waals surface area contributed by atoms with Crippen molar-refractivity contribution in [3.63, 3.8) is 0 Å². The van der Waals surface area contributed by atoms with Crippen LogP contribution in [0.4, 0.5) is 0 Å². The van der Waals surface area contributed by atoms with Gasteiger partial charge < -0.3 is 14.4 Å². The van der Waals surface area contributed by atoms with Crippen LogP contribution in [0, 0.1) is 0 Å². The maximum atomic E-state index is 10.0. The monoisotopic (exact) mass is 257 g/mol. The molecule has 3 rings (SSSR count). The molecule has 0 aliphatic heterocycles. The van der Waals surface area contributed by atoms with E-state index in [-0.39, 0.29) is 6.10 Å². The second-order valence-corrected chi connectivity index (χ2v) is 5.13. The molecule has 0 fully saturated rings. The van der Waals surface area contributed by atoms with E-state index in [9.17, 15) is 5.11 Å². The van der Waals surface area contributed by atoms with Gasteiger partial charge in [0.15, 0.2) is 0 Å². The molecule has 0 radical (unpaired) electrons. The normalized spacial score (nSPS) is 18.1. The molecule has 3 nitrogen and oxygen atoms in total. The zero-order valence-electron chi connectivity index (χ0n) is 11.2. The van der Waals surface area contributed by atoms with Gasteiger partial charge in [0.1, 0.15) is 5.75 Å². The number of para-hydroxylation sites is 1. The van der Waals surface area contributed by atoms with Gasteiger partial charge in [0.25, 0.3) is 0 Å². The van der Waals surface area contributed by atoms with E-state index in [1.807, 2.05) is 18.2 Å². The summed E-state index contributed by atoms with van der Waals surface area (Å²) in [6.07, 6.45) is 6.97. The molecule has 1 unspecified atom stereocenters. The van der Waals surface area contributed by atoms with E-state index >= 15 is 0 Å². The van der Waals surface area contributed by atoms with Crippen molar-refractivity contribution >= 4 is 0 Å². The zero-order valence-corrected chi connectivity index (χ0v) is 11.2. The number of aryl methyl sites for hydroxylation is 1. The van der Waals surface area contributed by atoms with Crippen LogP contribution in [0.1, 0.15) is 35.6 Å². The highest BCUT2D eigenvalue weighted by molar-refractivity contribution is 5.35. The highest BCUT2D eigenvalue weighted by Crippen LogP contribution is 2.30. The maximum Gasteiger partial charge on any atom is 0.123 e. The number of aliphatic hydroxyl groups is 1. The Hall–Kier alpha value is -1.74. The molecule has 1 heterocycles. The number of hydrogen-bond acceptors (Lipinski definition) is 2. The van der Waals surface area contributed by atoms with E-state index in [4.69, 9.17) is 4.74 Å². The van der Waals surface area contributed by atoms with Gasteiger partial charge in [-0.2, -0.15) is 0 Å². The minimum absolute atomic E-state index is 0.289. The van der Waals surface area contributed by atoms with Crippen molar-refractivity contribution < 1.29 is 9.84 Å². The van der Waals surface area contributed by atoms with Crippen LogP contribution in [0.3, 0.4) is 0 Å². The van der Waals surface area contributed by atoms with Crippen LogP contribution in [0.25, 0.3) is 0 Å². The average Bonchev–Trinajstić information content (AvgIpc) is 2.83. The summed E-state index contributed by atoms with van der Waals surface area (Å²) in [4.78, 5) is 0. The van der Waals surface area contributed by atoms with Crippen LogP contribution in [0.2, 0.25) is 0 Å². The van der Waals surface area contributed by atoms with Crippen molar-refractivity contribution in [2.75, 3.05) is 7.11 Å². The molecule has 0 spiro atoms. The Morgan fingerprint density at radius 3 is 2.95 bits per heavy atom. The predicted octanol–water partition coefficient (Wildman–Crippen LogP) is 2.91. The number of ether oxygens (including phenoxy) is 1. The van der Waals surface area contributed by atoms with Crippen molar-refractivity contribution in [2.24, 2.45) is 0 Å². The summed E-state index contributed by atoms with van der Waals surface area (Å²) in [7, 11) is 1.70. The maximum absolute atomic E-state index is 10.0. The van der Waals surface area contributed by atoms with E-state index in [1.54, 1.807) is 7.11 Å². The smallest absolute Gasteiger partial charge is 0.123 e. The number of rotatable bonds is 3. The predicted molar refractivity (Wildman–Crippen MR) is 74.4 cm³/mol. The highest BCUT2D eigenvalue weighted by atomic mass is 16.5. The molecule has 0 saturated heterocycles. The first-order valence-electron chi connectivity index (χ1n) is 6.76. The van der Waals surface area contributed by atoms with Crippen molar-refractivity contribution in [2.45, 2.75) is 31.9 Å². The summed E-state index contributed by atoms with van der Waals surface area (Å²) < 4.78 is 7.53.